The van der Waals surface area contributed by atoms with Gasteiger partial charge in [-0.05, 0) is 42.0 Å². The van der Waals surface area contributed by atoms with Gasteiger partial charge in [0.15, 0.2) is 11.5 Å². The van der Waals surface area contributed by atoms with Gasteiger partial charge in [0.25, 0.3) is 0 Å². The number of nitrogen functional groups attached to an aromatic ring is 1. The molecule has 8 nitrogen and oxygen atoms in total. The second-order valence-corrected chi connectivity index (χ2v) is 7.20. The molecule has 0 amide bonds. The first-order valence-corrected chi connectivity index (χ1v) is 9.72. The van der Waals surface area contributed by atoms with E-state index in [0.29, 0.717) is 17.2 Å². The van der Waals surface area contributed by atoms with Crippen molar-refractivity contribution in [2.45, 2.75) is 0 Å². The van der Waals surface area contributed by atoms with E-state index in [2.05, 4.69) is 36.2 Å². The summed E-state index contributed by atoms with van der Waals surface area (Å²) in [5, 5.41) is 8.54. The van der Waals surface area contributed by atoms with Crippen LogP contribution in [0.2, 0.25) is 0 Å². The first kappa shape index (κ1) is 17.3. The number of aromatic nitrogens is 7. The van der Waals surface area contributed by atoms with E-state index in [1.54, 1.807) is 24.8 Å². The number of fused-ring (bicyclic) bond motifs is 2. The molecule has 6 rings (SSSR count). The lowest BCUT2D eigenvalue weighted by molar-refractivity contribution is 1.10. The Kier molecular flexibility index (Phi) is 3.76. The molecular formula is C23H16N8. The predicted octanol–water partition coefficient (Wildman–Crippen LogP) is 4.21. The van der Waals surface area contributed by atoms with Gasteiger partial charge in [-0.15, -0.1) is 0 Å². The van der Waals surface area contributed by atoms with Crippen molar-refractivity contribution in [1.82, 2.24) is 35.1 Å². The number of aromatic amines is 2. The number of nitrogens with one attached hydrogen (secondary N) is 2. The smallest absolute Gasteiger partial charge is 0.178 e. The first-order chi connectivity index (χ1) is 15.3. The van der Waals surface area contributed by atoms with Crippen LogP contribution >= 0.6 is 0 Å². The van der Waals surface area contributed by atoms with Gasteiger partial charge in [0, 0.05) is 41.3 Å². The molecule has 0 bridgehead atoms. The summed E-state index contributed by atoms with van der Waals surface area (Å²) in [4.78, 5) is 21.2. The molecule has 0 fully saturated rings. The average molecular weight is 404 g/mol. The van der Waals surface area contributed by atoms with Crippen molar-refractivity contribution >= 4 is 27.8 Å². The molecule has 0 saturated carbocycles. The Labute approximate surface area is 176 Å². The zero-order valence-electron chi connectivity index (χ0n) is 16.2. The van der Waals surface area contributed by atoms with Gasteiger partial charge in [-0.1, -0.05) is 12.1 Å². The van der Waals surface area contributed by atoms with Crippen LogP contribution in [0.25, 0.3) is 56.0 Å². The molecule has 0 spiro atoms. The van der Waals surface area contributed by atoms with Crippen LogP contribution in [0.5, 0.6) is 0 Å². The summed E-state index contributed by atoms with van der Waals surface area (Å²) in [5.74, 6) is 0.639. The van der Waals surface area contributed by atoms with E-state index >= 15 is 0 Å². The Morgan fingerprint density at radius 3 is 2.71 bits per heavy atom. The van der Waals surface area contributed by atoms with Crippen LogP contribution in [-0.2, 0) is 0 Å². The standard InChI is InChI=1S/C23H16N8/c24-15-9-14(11-25-12-15)13-4-5-19-17(10-13)21(31-30-19)23-28-20-16(6-8-27-22(20)29-23)18-3-1-2-7-26-18/h1-12H,24H2,(H,30,31)(H,27,28,29). The van der Waals surface area contributed by atoms with E-state index in [4.69, 9.17) is 10.7 Å². The van der Waals surface area contributed by atoms with Crippen LogP contribution in [0.1, 0.15) is 0 Å². The summed E-state index contributed by atoms with van der Waals surface area (Å²) in [5.41, 5.74) is 13.3. The van der Waals surface area contributed by atoms with Crippen LogP contribution in [-0.4, -0.2) is 35.1 Å². The van der Waals surface area contributed by atoms with Gasteiger partial charge in [-0.3, -0.25) is 15.1 Å². The maximum absolute atomic E-state index is 5.91. The largest absolute Gasteiger partial charge is 0.397 e. The molecular weight excluding hydrogens is 388 g/mol. The van der Waals surface area contributed by atoms with E-state index < -0.39 is 0 Å². The molecule has 8 heteroatoms. The van der Waals surface area contributed by atoms with Gasteiger partial charge < -0.3 is 10.7 Å². The van der Waals surface area contributed by atoms with Crippen molar-refractivity contribution in [1.29, 1.82) is 0 Å². The van der Waals surface area contributed by atoms with E-state index in [1.165, 1.54) is 0 Å². The average Bonchev–Trinajstić information content (AvgIpc) is 3.43. The lowest BCUT2D eigenvalue weighted by Gasteiger charge is -2.03. The van der Waals surface area contributed by atoms with E-state index in [-0.39, 0.29) is 0 Å². The molecule has 0 aliphatic rings. The minimum Gasteiger partial charge on any atom is -0.397 e. The van der Waals surface area contributed by atoms with Crippen LogP contribution in [0, 0.1) is 0 Å². The highest BCUT2D eigenvalue weighted by Gasteiger charge is 2.16. The van der Waals surface area contributed by atoms with Crippen molar-refractivity contribution in [3.8, 4) is 33.9 Å². The van der Waals surface area contributed by atoms with Gasteiger partial charge in [-0.25, -0.2) is 9.97 Å². The lowest BCUT2D eigenvalue weighted by atomic mass is 10.0. The van der Waals surface area contributed by atoms with Gasteiger partial charge in [0.2, 0.25) is 0 Å². The van der Waals surface area contributed by atoms with Crippen LogP contribution in [0.4, 0.5) is 5.69 Å². The molecule has 0 atom stereocenters. The van der Waals surface area contributed by atoms with Crippen LogP contribution in [0.3, 0.4) is 0 Å². The molecule has 1 aromatic carbocycles. The van der Waals surface area contributed by atoms with Gasteiger partial charge in [0.1, 0.15) is 5.69 Å². The summed E-state index contributed by atoms with van der Waals surface area (Å²) >= 11 is 0. The van der Waals surface area contributed by atoms with E-state index in [1.807, 2.05) is 42.5 Å². The maximum Gasteiger partial charge on any atom is 0.178 e. The van der Waals surface area contributed by atoms with Gasteiger partial charge in [-0.2, -0.15) is 5.10 Å². The summed E-state index contributed by atoms with van der Waals surface area (Å²) in [6.45, 7) is 0. The molecule has 0 radical (unpaired) electrons. The second-order valence-electron chi connectivity index (χ2n) is 7.20. The predicted molar refractivity (Wildman–Crippen MR) is 120 cm³/mol. The Morgan fingerprint density at radius 2 is 1.84 bits per heavy atom. The molecule has 31 heavy (non-hydrogen) atoms. The molecule has 0 unspecified atom stereocenters. The number of pyridine rings is 3. The summed E-state index contributed by atoms with van der Waals surface area (Å²) in [6.07, 6.45) is 6.94. The molecule has 4 N–H and O–H groups in total. The third-order valence-corrected chi connectivity index (χ3v) is 5.21. The van der Waals surface area contributed by atoms with Crippen molar-refractivity contribution in [2.24, 2.45) is 0 Å². The fraction of sp³-hybridized carbons (Fsp3) is 0. The molecule has 5 aromatic heterocycles. The quantitative estimate of drug-likeness (QED) is 0.406. The third-order valence-electron chi connectivity index (χ3n) is 5.21. The zero-order valence-corrected chi connectivity index (χ0v) is 16.2. The highest BCUT2D eigenvalue weighted by molar-refractivity contribution is 5.97. The zero-order chi connectivity index (χ0) is 20.8. The number of benzene rings is 1. The van der Waals surface area contributed by atoms with E-state index in [0.717, 1.165) is 44.5 Å². The fourth-order valence-corrected chi connectivity index (χ4v) is 3.75. The van der Waals surface area contributed by atoms with Crippen LogP contribution in [0.15, 0.2) is 73.3 Å². The van der Waals surface area contributed by atoms with Crippen molar-refractivity contribution in [2.75, 3.05) is 5.73 Å². The number of H-pyrrole nitrogens is 2. The Hall–Kier alpha value is -4.59. The molecule has 148 valence electrons. The number of nitrogens with two attached hydrogens (primary N) is 1. The number of nitrogens with zero attached hydrogens (tertiary/aromatic N) is 5. The number of hydrogen-bond donors (Lipinski definition) is 3. The van der Waals surface area contributed by atoms with E-state index in [9.17, 15) is 0 Å². The lowest BCUT2D eigenvalue weighted by Crippen LogP contribution is -1.88. The Bertz CT molecular complexity index is 1550. The van der Waals surface area contributed by atoms with Gasteiger partial charge >= 0.3 is 0 Å². The highest BCUT2D eigenvalue weighted by atomic mass is 15.1. The van der Waals surface area contributed by atoms with Crippen molar-refractivity contribution < 1.29 is 0 Å². The highest BCUT2D eigenvalue weighted by Crippen LogP contribution is 2.32. The topological polar surface area (TPSA) is 122 Å². The summed E-state index contributed by atoms with van der Waals surface area (Å²) in [7, 11) is 0. The molecule has 0 saturated heterocycles. The molecule has 5 heterocycles. The number of rotatable bonds is 3. The number of imidazole rings is 1. The fourth-order valence-electron chi connectivity index (χ4n) is 3.75. The monoisotopic (exact) mass is 404 g/mol. The second kappa shape index (κ2) is 6.74. The SMILES string of the molecule is Nc1cncc(-c2ccc3[nH]nc(-c4nc5nccc(-c6ccccn6)c5[nH]4)c3c2)c1. The Morgan fingerprint density at radius 1 is 0.871 bits per heavy atom. The molecule has 0 aliphatic heterocycles. The minimum absolute atomic E-state index is 0.616. The first-order valence-electron chi connectivity index (χ1n) is 9.72. The third kappa shape index (κ3) is 2.89. The van der Waals surface area contributed by atoms with Crippen molar-refractivity contribution in [3.63, 3.8) is 0 Å². The number of anilines is 1. The normalized spacial score (nSPS) is 11.4. The molecule has 0 aliphatic carbocycles. The van der Waals surface area contributed by atoms with Crippen LogP contribution < -0.4 is 5.73 Å². The summed E-state index contributed by atoms with van der Waals surface area (Å²) < 4.78 is 0. The maximum atomic E-state index is 5.91. The van der Waals surface area contributed by atoms with Crippen molar-refractivity contribution in [3.05, 3.63) is 73.3 Å². The van der Waals surface area contributed by atoms with Gasteiger partial charge in [0.05, 0.1) is 22.4 Å². The Balaban J connectivity index is 1.51. The minimum atomic E-state index is 0.616. The number of hydrogen-bond acceptors (Lipinski definition) is 6. The summed E-state index contributed by atoms with van der Waals surface area (Å²) in [6, 6.07) is 15.7. The molecule has 6 aromatic rings.